The third kappa shape index (κ3) is 2.04. The van der Waals surface area contributed by atoms with E-state index in [1.165, 1.54) is 12.1 Å². The van der Waals surface area contributed by atoms with Crippen molar-refractivity contribution in [3.63, 3.8) is 0 Å². The van der Waals surface area contributed by atoms with Gasteiger partial charge in [0, 0.05) is 11.6 Å². The Bertz CT molecular complexity index is 354. The molecule has 2 N–H and O–H groups in total. The summed E-state index contributed by atoms with van der Waals surface area (Å²) in [4.78, 5) is 10.6. The van der Waals surface area contributed by atoms with E-state index in [1.807, 2.05) is 0 Å². The summed E-state index contributed by atoms with van der Waals surface area (Å²) in [5.74, 6) is -0.828. The average molecular weight is 216 g/mol. The van der Waals surface area contributed by atoms with Crippen molar-refractivity contribution >= 4 is 23.6 Å². The second-order valence-electron chi connectivity index (χ2n) is 3.12. The fourth-order valence-electron chi connectivity index (χ4n) is 1.28. The monoisotopic (exact) mass is 215 g/mol. The van der Waals surface area contributed by atoms with Crippen molar-refractivity contribution in [2.24, 2.45) is 0 Å². The second kappa shape index (κ2) is 4.42. The molecule has 0 saturated carbocycles. The number of nitrogens with two attached hydrogens (primary N) is 1. The van der Waals surface area contributed by atoms with Crippen LogP contribution in [-0.4, -0.2) is 12.2 Å². The molecule has 2 nitrogen and oxygen atoms in total. The van der Waals surface area contributed by atoms with Crippen LogP contribution in [0.3, 0.4) is 0 Å². The lowest BCUT2D eigenvalue weighted by molar-refractivity contribution is -0.108. The normalized spacial score (nSPS) is 12.5. The van der Waals surface area contributed by atoms with Gasteiger partial charge in [0.15, 0.2) is 0 Å². The molecule has 0 radical (unpaired) electrons. The number of aldehydes is 1. The number of rotatable bonds is 3. The van der Waals surface area contributed by atoms with Crippen molar-refractivity contribution in [1.82, 2.24) is 0 Å². The Hall–Kier alpha value is -1.09. The minimum Gasteiger partial charge on any atom is -0.398 e. The SMILES string of the molecule is Cc1cc(F)cc(C(C=O)CCl)c1N. The van der Waals surface area contributed by atoms with Crippen molar-refractivity contribution in [3.05, 3.63) is 29.1 Å². The number of alkyl halides is 1. The maximum Gasteiger partial charge on any atom is 0.128 e. The minimum atomic E-state index is -0.536. The van der Waals surface area contributed by atoms with Gasteiger partial charge in [0.25, 0.3) is 0 Å². The van der Waals surface area contributed by atoms with Crippen LogP contribution in [0, 0.1) is 12.7 Å². The van der Waals surface area contributed by atoms with E-state index in [0.717, 1.165) is 0 Å². The zero-order valence-electron chi connectivity index (χ0n) is 7.76. The molecule has 0 aromatic heterocycles. The molecular formula is C10H11ClFNO. The van der Waals surface area contributed by atoms with E-state index in [1.54, 1.807) is 6.92 Å². The molecule has 0 fully saturated rings. The van der Waals surface area contributed by atoms with E-state index in [-0.39, 0.29) is 5.88 Å². The van der Waals surface area contributed by atoms with Gasteiger partial charge in [0.05, 0.1) is 5.92 Å². The van der Waals surface area contributed by atoms with Gasteiger partial charge < -0.3 is 10.5 Å². The Morgan fingerprint density at radius 3 is 2.79 bits per heavy atom. The van der Waals surface area contributed by atoms with Gasteiger partial charge >= 0.3 is 0 Å². The first-order valence-electron chi connectivity index (χ1n) is 4.17. The molecule has 1 unspecified atom stereocenters. The Kier molecular flexibility index (Phi) is 3.47. The molecule has 4 heteroatoms. The van der Waals surface area contributed by atoms with Crippen molar-refractivity contribution in [2.75, 3.05) is 11.6 Å². The summed E-state index contributed by atoms with van der Waals surface area (Å²) in [5, 5.41) is 0. The second-order valence-corrected chi connectivity index (χ2v) is 3.43. The molecule has 0 aliphatic rings. The molecule has 0 aliphatic heterocycles. The Morgan fingerprint density at radius 1 is 1.64 bits per heavy atom. The van der Waals surface area contributed by atoms with Crippen LogP contribution in [-0.2, 0) is 4.79 Å². The predicted octanol–water partition coefficient (Wildman–Crippen LogP) is 2.24. The highest BCUT2D eigenvalue weighted by atomic mass is 35.5. The third-order valence-electron chi connectivity index (χ3n) is 2.11. The molecule has 0 aliphatic carbocycles. The largest absolute Gasteiger partial charge is 0.398 e. The molecule has 0 amide bonds. The number of carbonyl (C=O) groups excluding carboxylic acids is 1. The van der Waals surface area contributed by atoms with E-state index in [9.17, 15) is 9.18 Å². The highest BCUT2D eigenvalue weighted by Crippen LogP contribution is 2.26. The third-order valence-corrected chi connectivity index (χ3v) is 2.45. The molecule has 1 aromatic carbocycles. The maximum atomic E-state index is 13.0. The summed E-state index contributed by atoms with van der Waals surface area (Å²) in [6.45, 7) is 1.69. The van der Waals surface area contributed by atoms with Crippen molar-refractivity contribution in [3.8, 4) is 0 Å². The molecule has 1 aromatic rings. The molecule has 0 saturated heterocycles. The van der Waals surface area contributed by atoms with Gasteiger partial charge in [-0.25, -0.2) is 4.39 Å². The van der Waals surface area contributed by atoms with Crippen LogP contribution in [0.15, 0.2) is 12.1 Å². The number of halogens is 2. The van der Waals surface area contributed by atoms with Gasteiger partial charge in [-0.2, -0.15) is 0 Å². The van der Waals surface area contributed by atoms with Gasteiger partial charge in [-0.15, -0.1) is 11.6 Å². The molecule has 0 bridgehead atoms. The van der Waals surface area contributed by atoms with E-state index < -0.39 is 11.7 Å². The van der Waals surface area contributed by atoms with E-state index >= 15 is 0 Å². The Labute approximate surface area is 86.9 Å². The van der Waals surface area contributed by atoms with Crippen LogP contribution >= 0.6 is 11.6 Å². The quantitative estimate of drug-likeness (QED) is 0.477. The van der Waals surface area contributed by atoms with Crippen LogP contribution in [0.1, 0.15) is 17.0 Å². The summed E-state index contributed by atoms with van der Waals surface area (Å²) < 4.78 is 13.0. The minimum absolute atomic E-state index is 0.108. The molecular weight excluding hydrogens is 205 g/mol. The topological polar surface area (TPSA) is 43.1 Å². The van der Waals surface area contributed by atoms with E-state index in [2.05, 4.69) is 0 Å². The molecule has 0 spiro atoms. The van der Waals surface area contributed by atoms with Gasteiger partial charge in [0.1, 0.15) is 12.1 Å². The number of hydrogen-bond acceptors (Lipinski definition) is 2. The first-order chi connectivity index (χ1) is 6.60. The lowest BCUT2D eigenvalue weighted by Crippen LogP contribution is -2.07. The summed E-state index contributed by atoms with van der Waals surface area (Å²) in [7, 11) is 0. The number of carbonyl (C=O) groups is 1. The zero-order valence-corrected chi connectivity index (χ0v) is 8.51. The number of nitrogen functional groups attached to an aromatic ring is 1. The number of aryl methyl sites for hydroxylation is 1. The molecule has 14 heavy (non-hydrogen) atoms. The highest BCUT2D eigenvalue weighted by molar-refractivity contribution is 6.19. The van der Waals surface area contributed by atoms with Crippen molar-refractivity contribution in [1.29, 1.82) is 0 Å². The van der Waals surface area contributed by atoms with Crippen LogP contribution in [0.2, 0.25) is 0 Å². The fourth-order valence-corrected chi connectivity index (χ4v) is 1.52. The van der Waals surface area contributed by atoms with Crippen LogP contribution in [0.25, 0.3) is 0 Å². The van der Waals surface area contributed by atoms with E-state index in [4.69, 9.17) is 17.3 Å². The number of benzene rings is 1. The molecule has 1 atom stereocenters. The average Bonchev–Trinajstić information content (AvgIpc) is 2.15. The number of hydrogen-bond donors (Lipinski definition) is 1. The number of anilines is 1. The van der Waals surface area contributed by atoms with Crippen LogP contribution in [0.4, 0.5) is 10.1 Å². The highest BCUT2D eigenvalue weighted by Gasteiger charge is 2.14. The van der Waals surface area contributed by atoms with Crippen molar-refractivity contribution < 1.29 is 9.18 Å². The molecule has 76 valence electrons. The van der Waals surface area contributed by atoms with Crippen LogP contribution < -0.4 is 5.73 Å². The zero-order chi connectivity index (χ0) is 10.7. The van der Waals surface area contributed by atoms with Crippen LogP contribution in [0.5, 0.6) is 0 Å². The van der Waals surface area contributed by atoms with Gasteiger partial charge in [0.2, 0.25) is 0 Å². The van der Waals surface area contributed by atoms with Gasteiger partial charge in [-0.1, -0.05) is 0 Å². The molecule has 1 rings (SSSR count). The summed E-state index contributed by atoms with van der Waals surface area (Å²) in [5.41, 5.74) is 7.24. The van der Waals surface area contributed by atoms with Gasteiger partial charge in [-0.3, -0.25) is 0 Å². The van der Waals surface area contributed by atoms with Gasteiger partial charge in [-0.05, 0) is 30.2 Å². The Morgan fingerprint density at radius 2 is 2.29 bits per heavy atom. The predicted molar refractivity (Wildman–Crippen MR) is 55.1 cm³/mol. The smallest absolute Gasteiger partial charge is 0.128 e. The summed E-state index contributed by atoms with van der Waals surface area (Å²) in [6, 6.07) is 2.58. The lowest BCUT2D eigenvalue weighted by Gasteiger charge is -2.12. The summed E-state index contributed by atoms with van der Waals surface area (Å²) >= 11 is 5.57. The first kappa shape index (κ1) is 11.0. The standard InChI is InChI=1S/C10H11ClFNO/c1-6-2-8(12)3-9(10(6)13)7(4-11)5-14/h2-3,5,7H,4,13H2,1H3. The first-order valence-corrected chi connectivity index (χ1v) is 4.70. The Balaban J connectivity index is 3.25. The fraction of sp³-hybridized carbons (Fsp3) is 0.300. The summed E-state index contributed by atoms with van der Waals surface area (Å²) in [6.07, 6.45) is 0.678. The maximum absolute atomic E-state index is 13.0. The lowest BCUT2D eigenvalue weighted by atomic mass is 9.98. The van der Waals surface area contributed by atoms with E-state index in [0.29, 0.717) is 23.1 Å². The van der Waals surface area contributed by atoms with Crippen molar-refractivity contribution in [2.45, 2.75) is 12.8 Å². The molecule has 0 heterocycles.